The SMILES string of the molecule is C1=CC2C3B(c4ccc(N(c5ccccc5)c5ccccc5)cc4N(c4ccccc4)C3=C1)c1cccc3c1N2c1ccccc1O3. The number of rotatable bonds is 4. The fraction of sp³-hybridized carbons (Fsp3) is 0.0476. The van der Waals surface area contributed by atoms with Gasteiger partial charge in [0.05, 0.1) is 17.4 Å². The van der Waals surface area contributed by atoms with Crippen LogP contribution in [0.5, 0.6) is 11.5 Å². The van der Waals surface area contributed by atoms with Gasteiger partial charge in [0, 0.05) is 40.0 Å². The fourth-order valence-electron chi connectivity index (χ4n) is 8.22. The molecule has 0 fully saturated rings. The molecule has 0 saturated carbocycles. The molecule has 0 bridgehead atoms. The summed E-state index contributed by atoms with van der Waals surface area (Å²) in [5.41, 5.74) is 12.0. The smallest absolute Gasteiger partial charge is 0.226 e. The number of nitrogens with zero attached hydrogens (tertiary/aromatic N) is 3. The van der Waals surface area contributed by atoms with Crippen LogP contribution in [0.2, 0.25) is 5.82 Å². The molecule has 0 spiro atoms. The van der Waals surface area contributed by atoms with E-state index in [0.29, 0.717) is 0 Å². The van der Waals surface area contributed by atoms with Crippen LogP contribution in [0.15, 0.2) is 176 Å². The lowest BCUT2D eigenvalue weighted by Crippen LogP contribution is -2.63. The van der Waals surface area contributed by atoms with Crippen LogP contribution in [-0.4, -0.2) is 12.8 Å². The van der Waals surface area contributed by atoms with Crippen LogP contribution in [0.3, 0.4) is 0 Å². The Balaban J connectivity index is 1.24. The minimum Gasteiger partial charge on any atom is -0.453 e. The molecule has 4 aliphatic rings. The molecule has 0 saturated heterocycles. The number of fused-ring (bicyclic) bond motifs is 6. The molecule has 1 aliphatic carbocycles. The zero-order chi connectivity index (χ0) is 30.9. The monoisotopic (exact) mass is 603 g/mol. The fourth-order valence-corrected chi connectivity index (χ4v) is 8.22. The summed E-state index contributed by atoms with van der Waals surface area (Å²) in [4.78, 5) is 7.39. The van der Waals surface area contributed by atoms with Crippen molar-refractivity contribution in [3.05, 3.63) is 176 Å². The Labute approximate surface area is 275 Å². The lowest BCUT2D eigenvalue weighted by molar-refractivity contribution is 0.468. The third-order valence-corrected chi connectivity index (χ3v) is 10.0. The number of benzene rings is 6. The van der Waals surface area contributed by atoms with Gasteiger partial charge >= 0.3 is 0 Å². The van der Waals surface area contributed by atoms with Gasteiger partial charge in [-0.05, 0) is 83.7 Å². The van der Waals surface area contributed by atoms with Gasteiger partial charge in [0.15, 0.2) is 11.5 Å². The van der Waals surface area contributed by atoms with Crippen molar-refractivity contribution in [2.75, 3.05) is 14.7 Å². The van der Waals surface area contributed by atoms with Crippen LogP contribution in [0.25, 0.3) is 0 Å². The number of hydrogen-bond donors (Lipinski definition) is 0. The topological polar surface area (TPSA) is 19.0 Å². The number of para-hydroxylation sites is 6. The number of anilines is 7. The van der Waals surface area contributed by atoms with E-state index < -0.39 is 0 Å². The minimum absolute atomic E-state index is 0.128. The molecule has 10 rings (SSSR count). The van der Waals surface area contributed by atoms with E-state index in [4.69, 9.17) is 4.74 Å². The second kappa shape index (κ2) is 10.3. The first-order chi connectivity index (χ1) is 23.3. The van der Waals surface area contributed by atoms with Gasteiger partial charge in [0.2, 0.25) is 6.71 Å². The summed E-state index contributed by atoms with van der Waals surface area (Å²) in [5.74, 6) is 2.03. The van der Waals surface area contributed by atoms with Crippen LogP contribution < -0.4 is 30.4 Å². The van der Waals surface area contributed by atoms with Crippen molar-refractivity contribution in [1.82, 2.24) is 0 Å². The van der Waals surface area contributed by atoms with E-state index in [1.54, 1.807) is 0 Å². The van der Waals surface area contributed by atoms with Gasteiger partial charge in [-0.25, -0.2) is 0 Å². The summed E-state index contributed by atoms with van der Waals surface area (Å²) < 4.78 is 6.57. The van der Waals surface area contributed by atoms with Crippen molar-refractivity contribution in [3.8, 4) is 11.5 Å². The summed E-state index contributed by atoms with van der Waals surface area (Å²) in [6.07, 6.45) is 6.98. The molecule has 0 amide bonds. The first-order valence-corrected chi connectivity index (χ1v) is 16.3. The van der Waals surface area contributed by atoms with Gasteiger partial charge in [-0.3, -0.25) is 0 Å². The first kappa shape index (κ1) is 26.3. The highest BCUT2D eigenvalue weighted by Gasteiger charge is 2.53. The average Bonchev–Trinajstić information content (AvgIpc) is 3.14. The first-order valence-electron chi connectivity index (χ1n) is 16.3. The molecule has 6 aromatic carbocycles. The Bertz CT molecular complexity index is 2180. The predicted molar refractivity (Wildman–Crippen MR) is 195 cm³/mol. The minimum atomic E-state index is 0.128. The Morgan fingerprint density at radius 1 is 0.574 bits per heavy atom. The van der Waals surface area contributed by atoms with E-state index in [1.807, 2.05) is 0 Å². The van der Waals surface area contributed by atoms with Crippen molar-refractivity contribution in [2.24, 2.45) is 0 Å². The number of ether oxygens (including phenoxy) is 1. The van der Waals surface area contributed by atoms with Gasteiger partial charge in [-0.15, -0.1) is 0 Å². The van der Waals surface area contributed by atoms with Crippen molar-refractivity contribution >= 4 is 57.5 Å². The van der Waals surface area contributed by atoms with Crippen LogP contribution in [0.4, 0.5) is 39.8 Å². The molecule has 0 aromatic heterocycles. The molecular formula is C42H30BN3O. The van der Waals surface area contributed by atoms with Gasteiger partial charge in [0.25, 0.3) is 0 Å². The van der Waals surface area contributed by atoms with Crippen molar-refractivity contribution in [2.45, 2.75) is 11.9 Å². The molecule has 2 atom stereocenters. The molecule has 3 aliphatic heterocycles. The van der Waals surface area contributed by atoms with E-state index in [-0.39, 0.29) is 18.6 Å². The largest absolute Gasteiger partial charge is 0.453 e. The molecule has 4 nitrogen and oxygen atoms in total. The lowest BCUT2D eigenvalue weighted by Gasteiger charge is -2.54. The second-order valence-corrected chi connectivity index (χ2v) is 12.5. The highest BCUT2D eigenvalue weighted by atomic mass is 16.5. The molecule has 2 unspecified atom stereocenters. The average molecular weight is 604 g/mol. The Morgan fingerprint density at radius 3 is 2.02 bits per heavy atom. The number of hydrogen-bond acceptors (Lipinski definition) is 4. The van der Waals surface area contributed by atoms with Crippen LogP contribution in [0.1, 0.15) is 0 Å². The summed E-state index contributed by atoms with van der Waals surface area (Å²) in [6.45, 7) is 0.155. The zero-order valence-electron chi connectivity index (χ0n) is 25.6. The Morgan fingerprint density at radius 2 is 1.26 bits per heavy atom. The third kappa shape index (κ3) is 3.90. The molecular weight excluding hydrogens is 573 g/mol. The van der Waals surface area contributed by atoms with E-state index >= 15 is 0 Å². The van der Waals surface area contributed by atoms with Crippen LogP contribution in [0, 0.1) is 0 Å². The zero-order valence-corrected chi connectivity index (χ0v) is 25.6. The van der Waals surface area contributed by atoms with Crippen molar-refractivity contribution < 1.29 is 4.74 Å². The van der Waals surface area contributed by atoms with Crippen molar-refractivity contribution in [3.63, 3.8) is 0 Å². The van der Waals surface area contributed by atoms with Crippen LogP contribution >= 0.6 is 0 Å². The van der Waals surface area contributed by atoms with E-state index in [2.05, 4.69) is 185 Å². The summed E-state index contributed by atoms with van der Waals surface area (Å²) in [5, 5.41) is 0. The normalized spacial score (nSPS) is 17.9. The Kier molecular flexibility index (Phi) is 5.76. The summed E-state index contributed by atoms with van der Waals surface area (Å²) in [7, 11) is 0. The standard InChI is InChI=1S/C42H30BN3O/c1-4-14-29(15-5-1)44(30-16-6-2-7-17-30)32-26-27-33-38(28-32)45(31-18-8-3-9-19-31)36-22-13-23-37-41(36)43(33)34-20-12-25-40-42(34)46(37)35-21-10-11-24-39(35)47-40/h1-28,37,41H. The highest BCUT2D eigenvalue weighted by Crippen LogP contribution is 2.56. The van der Waals surface area contributed by atoms with Gasteiger partial charge in [-0.2, -0.15) is 0 Å². The quantitative estimate of drug-likeness (QED) is 0.187. The summed E-state index contributed by atoms with van der Waals surface area (Å²) in [6, 6.07) is 54.4. The van der Waals surface area contributed by atoms with Crippen LogP contribution in [-0.2, 0) is 0 Å². The molecule has 47 heavy (non-hydrogen) atoms. The van der Waals surface area contributed by atoms with Gasteiger partial charge in [0.1, 0.15) is 0 Å². The molecule has 0 radical (unpaired) electrons. The molecule has 222 valence electrons. The van der Waals surface area contributed by atoms with Gasteiger partial charge in [-0.1, -0.05) is 97.1 Å². The maximum absolute atomic E-state index is 6.57. The lowest BCUT2D eigenvalue weighted by atomic mass is 9.28. The Hall–Kier alpha value is -5.94. The van der Waals surface area contributed by atoms with Gasteiger partial charge < -0.3 is 19.4 Å². The van der Waals surface area contributed by atoms with Crippen molar-refractivity contribution in [1.29, 1.82) is 0 Å². The molecule has 3 heterocycles. The van der Waals surface area contributed by atoms with E-state index in [0.717, 1.165) is 39.9 Å². The second-order valence-electron chi connectivity index (χ2n) is 12.5. The molecule has 5 heteroatoms. The summed E-state index contributed by atoms with van der Waals surface area (Å²) >= 11 is 0. The predicted octanol–water partition coefficient (Wildman–Crippen LogP) is 9.37. The molecule has 0 N–H and O–H groups in total. The van der Waals surface area contributed by atoms with E-state index in [1.165, 1.54) is 28.0 Å². The highest BCUT2D eigenvalue weighted by molar-refractivity contribution is 6.90. The maximum Gasteiger partial charge on any atom is 0.226 e. The number of allylic oxidation sites excluding steroid dienone is 2. The molecule has 6 aromatic rings. The maximum atomic E-state index is 6.57. The third-order valence-electron chi connectivity index (χ3n) is 10.0. The van der Waals surface area contributed by atoms with E-state index in [9.17, 15) is 0 Å².